The molecule has 256 valence electrons. The number of esters is 1. The van der Waals surface area contributed by atoms with Gasteiger partial charge in [0.05, 0.1) is 30.3 Å². The van der Waals surface area contributed by atoms with Crippen LogP contribution in [0, 0.1) is 34.0 Å². The summed E-state index contributed by atoms with van der Waals surface area (Å²) in [6.45, 7) is 5.16. The van der Waals surface area contributed by atoms with Crippen molar-refractivity contribution in [3.05, 3.63) is 0 Å². The highest BCUT2D eigenvalue weighted by molar-refractivity contribution is 5.77. The number of aliphatic hydroxyl groups is 7. The first-order chi connectivity index (χ1) is 21.2. The average molecular weight is 643 g/mol. The van der Waals surface area contributed by atoms with Crippen molar-refractivity contribution in [2.75, 3.05) is 13.2 Å². The SMILES string of the molecule is C[C@@]12CCC[C@@](C)(C(=O)O[C@@H]3O[C@H](CO)[C@@H](O)[C@H](O)[C@H]3O[C@@H]3O[C@H](CO)[C@@H](O)[C@H](O)[C@H]3O)[C@H]1CC[C@]13C[C@H]4C[C@H](O[C@]4(C)C1)[C@H]32. The van der Waals surface area contributed by atoms with Gasteiger partial charge in [0.15, 0.2) is 12.4 Å². The van der Waals surface area contributed by atoms with Crippen LogP contribution in [0.25, 0.3) is 0 Å². The Labute approximate surface area is 262 Å². The number of ether oxygens (including phenoxy) is 5. The molecule has 4 aliphatic carbocycles. The summed E-state index contributed by atoms with van der Waals surface area (Å²) < 4.78 is 29.8. The topological polar surface area (TPSA) is 205 Å². The van der Waals surface area contributed by atoms with Gasteiger partial charge in [-0.05, 0) is 87.4 Å². The predicted octanol–water partition coefficient (Wildman–Crippen LogP) is -0.666. The molecule has 8 aliphatic rings. The van der Waals surface area contributed by atoms with E-state index in [0.717, 1.165) is 38.5 Å². The standard InChI is InChI=1S/C32H50O13/c1-29-6-4-7-30(2,18(29)5-8-32-10-14-9-15(25(29)32)45-31(14,3)13-32)28(40)44-27-24(22(38)20(36)17(12-34)42-27)43-26-23(39)21(37)19(35)16(11-33)41-26/h14-27,33-39H,4-13H2,1-3H3/t14-,15+,16-,17-,18+,19-,20-,21+,22+,23-,24-,25+,26+,27+,29-,30-,31-,32+/m1/s1. The first-order valence-electron chi connectivity index (χ1n) is 16.7. The third kappa shape index (κ3) is 4.63. The van der Waals surface area contributed by atoms with E-state index in [1.807, 2.05) is 6.92 Å². The van der Waals surface area contributed by atoms with E-state index in [1.54, 1.807) is 0 Å². The number of hydrogen-bond donors (Lipinski definition) is 7. The lowest BCUT2D eigenvalue weighted by Gasteiger charge is -2.65. The Morgan fingerprint density at radius 2 is 1.51 bits per heavy atom. The van der Waals surface area contributed by atoms with Crippen LogP contribution in [0.2, 0.25) is 0 Å². The molecule has 0 amide bonds. The average Bonchev–Trinajstić information content (AvgIpc) is 3.36. The van der Waals surface area contributed by atoms with E-state index < -0.39 is 86.0 Å². The Bertz CT molecular complexity index is 1150. The quantitative estimate of drug-likeness (QED) is 0.180. The minimum absolute atomic E-state index is 0.00652. The summed E-state index contributed by atoms with van der Waals surface area (Å²) >= 11 is 0. The van der Waals surface area contributed by atoms with E-state index in [1.165, 1.54) is 6.42 Å². The molecular formula is C32H50O13. The molecule has 13 nitrogen and oxygen atoms in total. The van der Waals surface area contributed by atoms with Gasteiger partial charge < -0.3 is 59.4 Å². The van der Waals surface area contributed by atoms with Gasteiger partial charge in [0, 0.05) is 0 Å². The summed E-state index contributed by atoms with van der Waals surface area (Å²) in [5, 5.41) is 72.2. The Morgan fingerprint density at radius 3 is 2.18 bits per heavy atom. The molecule has 4 heterocycles. The maximum absolute atomic E-state index is 14.3. The van der Waals surface area contributed by atoms with Gasteiger partial charge in [-0.15, -0.1) is 0 Å². The predicted molar refractivity (Wildman–Crippen MR) is 152 cm³/mol. The molecule has 18 atom stereocenters. The fourth-order valence-electron chi connectivity index (χ4n) is 11.6. The fraction of sp³-hybridized carbons (Fsp3) is 0.969. The number of carbonyl (C=O) groups excluding carboxylic acids is 1. The first kappa shape index (κ1) is 32.6. The number of hydrogen-bond acceptors (Lipinski definition) is 13. The van der Waals surface area contributed by atoms with Crippen LogP contribution in [0.4, 0.5) is 0 Å². The highest BCUT2D eigenvalue weighted by Crippen LogP contribution is 2.76. The number of rotatable bonds is 6. The van der Waals surface area contributed by atoms with Crippen LogP contribution >= 0.6 is 0 Å². The van der Waals surface area contributed by atoms with Crippen molar-refractivity contribution in [2.45, 2.75) is 145 Å². The Kier molecular flexibility index (Phi) is 7.98. The maximum Gasteiger partial charge on any atom is 0.314 e. The minimum atomic E-state index is -1.80. The molecule has 0 unspecified atom stereocenters. The van der Waals surface area contributed by atoms with E-state index in [4.69, 9.17) is 23.7 Å². The zero-order valence-corrected chi connectivity index (χ0v) is 26.2. The minimum Gasteiger partial charge on any atom is -0.432 e. The van der Waals surface area contributed by atoms with Crippen LogP contribution in [-0.4, -0.2) is 128 Å². The summed E-state index contributed by atoms with van der Waals surface area (Å²) in [7, 11) is 0. The second-order valence-electron chi connectivity index (χ2n) is 15.9. The lowest BCUT2D eigenvalue weighted by Crippen LogP contribution is -2.66. The first-order valence-corrected chi connectivity index (χ1v) is 16.7. The molecule has 7 N–H and O–H groups in total. The Hall–Kier alpha value is -0.970. The maximum atomic E-state index is 14.3. The normalized spacial score (nSPS) is 58.6. The summed E-state index contributed by atoms with van der Waals surface area (Å²) in [6.07, 6.45) is -8.20. The zero-order valence-electron chi connectivity index (χ0n) is 26.2. The van der Waals surface area contributed by atoms with E-state index in [0.29, 0.717) is 18.3 Å². The molecule has 4 aliphatic heterocycles. The summed E-state index contributed by atoms with van der Waals surface area (Å²) in [5.41, 5.74) is -0.845. The number of aliphatic hydroxyl groups excluding tert-OH is 7. The van der Waals surface area contributed by atoms with E-state index in [2.05, 4.69) is 13.8 Å². The molecule has 1 spiro atoms. The molecule has 8 fully saturated rings. The lowest BCUT2D eigenvalue weighted by molar-refractivity contribution is -0.363. The monoisotopic (exact) mass is 642 g/mol. The van der Waals surface area contributed by atoms with E-state index in [9.17, 15) is 40.5 Å². The van der Waals surface area contributed by atoms with Gasteiger partial charge in [-0.1, -0.05) is 13.3 Å². The fourth-order valence-corrected chi connectivity index (χ4v) is 11.6. The van der Waals surface area contributed by atoms with Gasteiger partial charge in [0.25, 0.3) is 0 Å². The van der Waals surface area contributed by atoms with E-state index >= 15 is 0 Å². The molecule has 45 heavy (non-hydrogen) atoms. The highest BCUT2D eigenvalue weighted by Gasteiger charge is 2.74. The van der Waals surface area contributed by atoms with Gasteiger partial charge in [-0.3, -0.25) is 4.79 Å². The van der Waals surface area contributed by atoms with Crippen molar-refractivity contribution in [3.63, 3.8) is 0 Å². The van der Waals surface area contributed by atoms with Crippen LogP contribution < -0.4 is 0 Å². The summed E-state index contributed by atoms with van der Waals surface area (Å²) in [6, 6.07) is 0. The van der Waals surface area contributed by atoms with Gasteiger partial charge in [-0.2, -0.15) is 0 Å². The summed E-state index contributed by atoms with van der Waals surface area (Å²) in [5.74, 6) is 0.421. The second kappa shape index (κ2) is 11.0. The third-order valence-electron chi connectivity index (χ3n) is 13.5. The van der Waals surface area contributed by atoms with Crippen molar-refractivity contribution in [2.24, 2.45) is 34.0 Å². The molecule has 8 rings (SSSR count). The van der Waals surface area contributed by atoms with Crippen molar-refractivity contribution in [1.82, 2.24) is 0 Å². The van der Waals surface area contributed by atoms with Gasteiger partial charge in [0.2, 0.25) is 6.29 Å². The zero-order chi connectivity index (χ0) is 32.3. The molecule has 4 saturated carbocycles. The van der Waals surface area contributed by atoms with Crippen LogP contribution in [0.5, 0.6) is 0 Å². The Morgan fingerprint density at radius 1 is 0.844 bits per heavy atom. The highest BCUT2D eigenvalue weighted by atomic mass is 16.8. The van der Waals surface area contributed by atoms with Gasteiger partial charge >= 0.3 is 5.97 Å². The van der Waals surface area contributed by atoms with Gasteiger partial charge in [0.1, 0.15) is 42.7 Å². The third-order valence-corrected chi connectivity index (χ3v) is 13.5. The van der Waals surface area contributed by atoms with Crippen LogP contribution in [0.1, 0.15) is 72.1 Å². The van der Waals surface area contributed by atoms with E-state index in [-0.39, 0.29) is 28.5 Å². The second-order valence-corrected chi connectivity index (χ2v) is 15.9. The lowest BCUT2D eigenvalue weighted by atomic mass is 9.40. The smallest absolute Gasteiger partial charge is 0.314 e. The van der Waals surface area contributed by atoms with Crippen molar-refractivity contribution in [3.8, 4) is 0 Å². The molecule has 13 heteroatoms. The van der Waals surface area contributed by atoms with Crippen molar-refractivity contribution >= 4 is 5.97 Å². The van der Waals surface area contributed by atoms with Crippen LogP contribution in [-0.2, 0) is 28.5 Å². The summed E-state index contributed by atoms with van der Waals surface area (Å²) in [4.78, 5) is 14.3. The van der Waals surface area contributed by atoms with Crippen molar-refractivity contribution < 1.29 is 64.2 Å². The molecule has 4 saturated heterocycles. The van der Waals surface area contributed by atoms with Crippen LogP contribution in [0.3, 0.4) is 0 Å². The number of carbonyl (C=O) groups is 1. The molecule has 0 aromatic heterocycles. The Balaban J connectivity index is 1.13. The van der Waals surface area contributed by atoms with Crippen molar-refractivity contribution in [1.29, 1.82) is 0 Å². The van der Waals surface area contributed by atoms with Crippen LogP contribution in [0.15, 0.2) is 0 Å². The molecule has 0 aromatic rings. The largest absolute Gasteiger partial charge is 0.432 e. The molecule has 0 aromatic carbocycles. The number of fused-ring (bicyclic) bond motifs is 1. The molecule has 4 bridgehead atoms. The molecular weight excluding hydrogens is 592 g/mol. The van der Waals surface area contributed by atoms with Gasteiger partial charge in [-0.25, -0.2) is 0 Å². The molecule has 0 radical (unpaired) electrons.